The quantitative estimate of drug-likeness (QED) is 0.810. The van der Waals surface area contributed by atoms with Crippen molar-refractivity contribution in [3.8, 4) is 5.75 Å². The van der Waals surface area contributed by atoms with Gasteiger partial charge in [-0.15, -0.1) is 0 Å². The average Bonchev–Trinajstić information content (AvgIpc) is 2.27. The van der Waals surface area contributed by atoms with E-state index in [0.29, 0.717) is 11.1 Å². The lowest BCUT2D eigenvalue weighted by Gasteiger charge is -2.04. The number of hydrogen-bond donors (Lipinski definition) is 1. The van der Waals surface area contributed by atoms with Crippen molar-refractivity contribution in [1.82, 2.24) is 4.98 Å². The minimum atomic E-state index is -1.03. The molecule has 2 aromatic rings. The van der Waals surface area contributed by atoms with Crippen LogP contribution in [0.2, 0.25) is 0 Å². The molecule has 0 saturated carbocycles. The summed E-state index contributed by atoms with van der Waals surface area (Å²) in [4.78, 5) is 14.7. The first-order chi connectivity index (χ1) is 7.22. The molecule has 0 aliphatic heterocycles. The van der Waals surface area contributed by atoms with Gasteiger partial charge < -0.3 is 9.84 Å². The first-order valence-electron chi connectivity index (χ1n) is 4.38. The molecule has 0 amide bonds. The van der Waals surface area contributed by atoms with Crippen LogP contribution in [0.15, 0.2) is 30.5 Å². The molecule has 1 N–H and O–H groups in total. The Hall–Kier alpha value is -2.10. The molecule has 76 valence electrons. The van der Waals surface area contributed by atoms with Gasteiger partial charge in [0.15, 0.2) is 5.69 Å². The Morgan fingerprint density at radius 3 is 2.87 bits per heavy atom. The minimum absolute atomic E-state index is 0.0476. The van der Waals surface area contributed by atoms with Crippen LogP contribution in [0, 0.1) is 0 Å². The summed E-state index contributed by atoms with van der Waals surface area (Å²) in [5.41, 5.74) is 0.0476. The number of fused-ring (bicyclic) bond motifs is 1. The number of aromatic carboxylic acids is 1. The highest BCUT2D eigenvalue weighted by Gasteiger charge is 2.09. The predicted molar refractivity (Wildman–Crippen MR) is 55.3 cm³/mol. The molecule has 0 aliphatic carbocycles. The van der Waals surface area contributed by atoms with Gasteiger partial charge in [0.05, 0.1) is 7.11 Å². The first kappa shape index (κ1) is 9.45. The zero-order chi connectivity index (χ0) is 10.8. The summed E-state index contributed by atoms with van der Waals surface area (Å²) in [6.07, 6.45) is 1.48. The van der Waals surface area contributed by atoms with Crippen molar-refractivity contribution in [3.63, 3.8) is 0 Å². The number of pyridine rings is 1. The molecule has 15 heavy (non-hydrogen) atoms. The van der Waals surface area contributed by atoms with Crippen molar-refractivity contribution < 1.29 is 14.6 Å². The summed E-state index contributed by atoms with van der Waals surface area (Å²) in [7, 11) is 1.54. The highest BCUT2D eigenvalue weighted by atomic mass is 16.5. The van der Waals surface area contributed by atoms with Crippen LogP contribution in [0.4, 0.5) is 0 Å². The van der Waals surface area contributed by atoms with Crippen molar-refractivity contribution in [3.05, 3.63) is 36.2 Å². The van der Waals surface area contributed by atoms with Gasteiger partial charge in [0, 0.05) is 11.6 Å². The van der Waals surface area contributed by atoms with E-state index >= 15 is 0 Å². The Morgan fingerprint density at radius 1 is 1.40 bits per heavy atom. The molecular formula is C11H9NO3. The van der Waals surface area contributed by atoms with Crippen molar-refractivity contribution in [2.24, 2.45) is 0 Å². The molecule has 0 bridgehead atoms. The Balaban J connectivity index is 2.76. The second-order valence-corrected chi connectivity index (χ2v) is 3.05. The summed E-state index contributed by atoms with van der Waals surface area (Å²) in [5.74, 6) is -0.410. The number of carboxylic acids is 1. The number of methoxy groups -OCH3 is 1. The molecule has 4 heteroatoms. The summed E-state index contributed by atoms with van der Waals surface area (Å²) in [5, 5.41) is 10.4. The van der Waals surface area contributed by atoms with E-state index in [4.69, 9.17) is 9.84 Å². The lowest BCUT2D eigenvalue weighted by atomic mass is 10.1. The summed E-state index contributed by atoms with van der Waals surface area (Å²) in [6.45, 7) is 0. The van der Waals surface area contributed by atoms with Crippen LogP contribution in [-0.4, -0.2) is 23.2 Å². The molecule has 0 unspecified atom stereocenters. The number of ether oxygens (including phenoxy) is 1. The largest absolute Gasteiger partial charge is 0.497 e. The maximum Gasteiger partial charge on any atom is 0.355 e. The van der Waals surface area contributed by atoms with Crippen molar-refractivity contribution in [2.45, 2.75) is 0 Å². The van der Waals surface area contributed by atoms with E-state index in [1.807, 2.05) is 6.07 Å². The van der Waals surface area contributed by atoms with E-state index in [9.17, 15) is 4.79 Å². The van der Waals surface area contributed by atoms with Gasteiger partial charge in [-0.05, 0) is 23.6 Å². The fourth-order valence-electron chi connectivity index (χ4n) is 1.44. The van der Waals surface area contributed by atoms with E-state index in [-0.39, 0.29) is 5.69 Å². The highest BCUT2D eigenvalue weighted by Crippen LogP contribution is 2.22. The van der Waals surface area contributed by atoms with Crippen molar-refractivity contribution >= 4 is 16.7 Å². The number of aromatic nitrogens is 1. The first-order valence-corrected chi connectivity index (χ1v) is 4.38. The number of carboxylic acid groups (broad SMARTS) is 1. The number of benzene rings is 1. The molecule has 0 aliphatic rings. The van der Waals surface area contributed by atoms with Gasteiger partial charge in [0.2, 0.25) is 0 Å². The molecule has 0 spiro atoms. The van der Waals surface area contributed by atoms with Crippen LogP contribution in [0.3, 0.4) is 0 Å². The third-order valence-electron chi connectivity index (χ3n) is 2.18. The summed E-state index contributed by atoms with van der Waals surface area (Å²) >= 11 is 0. The summed E-state index contributed by atoms with van der Waals surface area (Å²) in [6, 6.07) is 7.03. The van der Waals surface area contributed by atoms with Gasteiger partial charge in [0.1, 0.15) is 5.75 Å². The topological polar surface area (TPSA) is 59.4 Å². The third-order valence-corrected chi connectivity index (χ3v) is 2.18. The van der Waals surface area contributed by atoms with Gasteiger partial charge in [-0.1, -0.05) is 6.07 Å². The fraction of sp³-hybridized carbons (Fsp3) is 0.0909. The summed E-state index contributed by atoms with van der Waals surface area (Å²) < 4.78 is 5.04. The van der Waals surface area contributed by atoms with Crippen LogP contribution >= 0.6 is 0 Å². The number of carbonyl (C=O) groups is 1. The number of rotatable bonds is 2. The second kappa shape index (κ2) is 3.57. The average molecular weight is 203 g/mol. The maximum absolute atomic E-state index is 10.9. The van der Waals surface area contributed by atoms with Crippen LogP contribution in [0.25, 0.3) is 10.8 Å². The number of hydrogen-bond acceptors (Lipinski definition) is 3. The van der Waals surface area contributed by atoms with E-state index in [1.165, 1.54) is 13.3 Å². The van der Waals surface area contributed by atoms with Gasteiger partial charge in [-0.25, -0.2) is 9.78 Å². The SMILES string of the molecule is COc1ccc2ccnc(C(=O)O)c2c1. The molecule has 4 nitrogen and oxygen atoms in total. The molecule has 0 fully saturated rings. The monoisotopic (exact) mass is 203 g/mol. The zero-order valence-electron chi connectivity index (χ0n) is 8.10. The van der Waals surface area contributed by atoms with Crippen molar-refractivity contribution in [1.29, 1.82) is 0 Å². The molecule has 0 saturated heterocycles. The molecule has 1 heterocycles. The van der Waals surface area contributed by atoms with E-state index < -0.39 is 5.97 Å². The Morgan fingerprint density at radius 2 is 2.20 bits per heavy atom. The molecule has 1 aromatic heterocycles. The Bertz CT molecular complexity index is 522. The van der Waals surface area contributed by atoms with Gasteiger partial charge in [0.25, 0.3) is 0 Å². The zero-order valence-corrected chi connectivity index (χ0v) is 8.10. The molecular weight excluding hydrogens is 194 g/mol. The van der Waals surface area contributed by atoms with E-state index in [2.05, 4.69) is 4.98 Å². The Labute approximate surface area is 86.1 Å². The molecule has 2 rings (SSSR count). The molecule has 0 atom stereocenters. The van der Waals surface area contributed by atoms with Gasteiger partial charge in [-0.3, -0.25) is 0 Å². The highest BCUT2D eigenvalue weighted by molar-refractivity contribution is 6.02. The predicted octanol–water partition coefficient (Wildman–Crippen LogP) is 1.94. The standard InChI is InChI=1S/C11H9NO3/c1-15-8-3-2-7-4-5-12-10(11(13)14)9(7)6-8/h2-6H,1H3,(H,13,14). The second-order valence-electron chi connectivity index (χ2n) is 3.05. The lowest BCUT2D eigenvalue weighted by Crippen LogP contribution is -2.00. The van der Waals surface area contributed by atoms with Crippen LogP contribution in [0.1, 0.15) is 10.5 Å². The smallest absolute Gasteiger partial charge is 0.355 e. The number of nitrogens with zero attached hydrogens (tertiary/aromatic N) is 1. The van der Waals surface area contributed by atoms with Crippen molar-refractivity contribution in [2.75, 3.05) is 7.11 Å². The third kappa shape index (κ3) is 1.61. The van der Waals surface area contributed by atoms with E-state index in [1.54, 1.807) is 18.2 Å². The van der Waals surface area contributed by atoms with Gasteiger partial charge >= 0.3 is 5.97 Å². The molecule has 1 aromatic carbocycles. The van der Waals surface area contributed by atoms with Crippen LogP contribution in [0.5, 0.6) is 5.75 Å². The van der Waals surface area contributed by atoms with E-state index in [0.717, 1.165) is 5.39 Å². The van der Waals surface area contributed by atoms with Gasteiger partial charge in [-0.2, -0.15) is 0 Å². The van der Waals surface area contributed by atoms with Crippen LogP contribution in [-0.2, 0) is 0 Å². The fourth-order valence-corrected chi connectivity index (χ4v) is 1.44. The Kier molecular flexibility index (Phi) is 2.25. The molecule has 0 radical (unpaired) electrons. The normalized spacial score (nSPS) is 10.2. The minimum Gasteiger partial charge on any atom is -0.497 e. The lowest BCUT2D eigenvalue weighted by molar-refractivity contribution is 0.0693. The maximum atomic E-state index is 10.9. The van der Waals surface area contributed by atoms with Crippen LogP contribution < -0.4 is 4.74 Å².